The minimum atomic E-state index is -2.82. The number of halogens is 1. The summed E-state index contributed by atoms with van der Waals surface area (Å²) in [5.41, 5.74) is 3.38. The molecule has 0 bridgehead atoms. The number of aromatic hydroxyl groups is 1. The number of benzene rings is 2. The lowest BCUT2D eigenvalue weighted by molar-refractivity contribution is -0.181. The number of amides is 1. The van der Waals surface area contributed by atoms with Crippen LogP contribution < -0.4 is 5.73 Å². The molecule has 3 aliphatic rings. The number of carbonyl (C=O) groups is 5. The predicted octanol–water partition coefficient (Wildman–Crippen LogP) is 1.42. The molecule has 3 aliphatic carbocycles. The molecule has 2 fully saturated rings. The summed E-state index contributed by atoms with van der Waals surface area (Å²) < 4.78 is 16.2. The van der Waals surface area contributed by atoms with Crippen molar-refractivity contribution in [2.75, 3.05) is 20.6 Å². The van der Waals surface area contributed by atoms with Crippen LogP contribution >= 0.6 is 0 Å². The first kappa shape index (κ1) is 30.7. The lowest BCUT2D eigenvalue weighted by Crippen LogP contribution is -2.74. The number of phenols is 1. The number of likely N-dealkylation sites (N-methyl/N-ethyl adjacent to an activating group) is 1. The van der Waals surface area contributed by atoms with E-state index >= 15 is 4.39 Å². The van der Waals surface area contributed by atoms with E-state index in [9.17, 15) is 34.2 Å². The van der Waals surface area contributed by atoms with Gasteiger partial charge in [0.1, 0.15) is 11.6 Å². The van der Waals surface area contributed by atoms with Gasteiger partial charge in [0.25, 0.3) is 0 Å². The van der Waals surface area contributed by atoms with Crippen LogP contribution in [0.3, 0.4) is 0 Å². The van der Waals surface area contributed by atoms with Gasteiger partial charge in [-0.15, -0.1) is 0 Å². The molecule has 0 radical (unpaired) electrons. The first-order valence-electron chi connectivity index (χ1n) is 14.5. The molecular weight excluding hydrogens is 557 g/mol. The van der Waals surface area contributed by atoms with E-state index in [-0.39, 0.29) is 36.1 Å². The van der Waals surface area contributed by atoms with Crippen molar-refractivity contribution in [1.29, 1.82) is 0 Å². The van der Waals surface area contributed by atoms with E-state index < -0.39 is 75.9 Å². The topological polar surface area (TPSA) is 158 Å². The van der Waals surface area contributed by atoms with E-state index in [0.717, 1.165) is 12.0 Å². The summed E-state index contributed by atoms with van der Waals surface area (Å²) in [6, 6.07) is 9.66. The van der Waals surface area contributed by atoms with Crippen LogP contribution in [0.15, 0.2) is 36.4 Å². The Bertz CT molecular complexity index is 1510. The monoisotopic (exact) mass is 593 g/mol. The smallest absolute Gasteiger partial charge is 0.235 e. The van der Waals surface area contributed by atoms with Gasteiger partial charge in [0.2, 0.25) is 5.91 Å². The maximum atomic E-state index is 16.2. The molecule has 0 aromatic heterocycles. The van der Waals surface area contributed by atoms with Crippen LogP contribution in [0.25, 0.3) is 0 Å². The molecule has 11 heteroatoms. The molecular formula is C32H36FN3O7. The van der Waals surface area contributed by atoms with Gasteiger partial charge in [0, 0.05) is 30.1 Å². The molecule has 1 amide bonds. The Morgan fingerprint density at radius 1 is 1.09 bits per heavy atom. The maximum absolute atomic E-state index is 16.2. The van der Waals surface area contributed by atoms with Crippen molar-refractivity contribution in [3.8, 4) is 5.75 Å². The van der Waals surface area contributed by atoms with E-state index in [1.165, 1.54) is 25.1 Å². The maximum Gasteiger partial charge on any atom is 0.235 e. The molecule has 6 atom stereocenters. The molecule has 0 heterocycles. The van der Waals surface area contributed by atoms with Crippen LogP contribution in [0.2, 0.25) is 0 Å². The lowest BCUT2D eigenvalue weighted by Gasteiger charge is -2.52. The van der Waals surface area contributed by atoms with Crippen molar-refractivity contribution in [2.45, 2.75) is 50.9 Å². The van der Waals surface area contributed by atoms with Crippen LogP contribution in [0.5, 0.6) is 5.75 Å². The van der Waals surface area contributed by atoms with Crippen molar-refractivity contribution >= 4 is 29.0 Å². The third kappa shape index (κ3) is 4.89. The molecule has 2 unspecified atom stereocenters. The van der Waals surface area contributed by atoms with Crippen molar-refractivity contribution < 1.29 is 38.6 Å². The Morgan fingerprint density at radius 2 is 1.77 bits per heavy atom. The Morgan fingerprint density at radius 3 is 2.37 bits per heavy atom. The zero-order chi connectivity index (χ0) is 31.4. The van der Waals surface area contributed by atoms with Crippen molar-refractivity contribution in [2.24, 2.45) is 29.4 Å². The highest BCUT2D eigenvalue weighted by atomic mass is 19.1. The number of aliphatic hydroxyl groups is 1. The van der Waals surface area contributed by atoms with E-state index in [0.29, 0.717) is 13.1 Å². The third-order valence-corrected chi connectivity index (χ3v) is 9.25. The molecule has 228 valence electrons. The first-order valence-corrected chi connectivity index (χ1v) is 14.5. The standard InChI is InChI=1S/C32H36FN3O7/c1-4-10-36(14-16-8-6-5-7-9-16)15-18-13-21(37)23-19(25(18)33)11-17-12-20-26(35(2)3)28(39)24(31(34)42)30(41)32(20,43)29(40)22(17)27(23)38/h5-9,13,17,20,22,24,26,37,43H,4,10-12,14-15H2,1-3H3,(H2,34,42)/t17-,20-,22?,24?,26-,32-/m0/s1. The number of primary amides is 1. The summed E-state index contributed by atoms with van der Waals surface area (Å²) in [4.78, 5) is 69.8. The largest absolute Gasteiger partial charge is 0.507 e. The number of phenolic OH excluding ortho intramolecular Hbond substituents is 1. The van der Waals surface area contributed by atoms with Crippen LogP contribution in [-0.2, 0) is 38.7 Å². The van der Waals surface area contributed by atoms with Crippen molar-refractivity contribution in [1.82, 2.24) is 9.80 Å². The number of hydrogen-bond donors (Lipinski definition) is 3. The van der Waals surface area contributed by atoms with Gasteiger partial charge in [-0.3, -0.25) is 33.8 Å². The summed E-state index contributed by atoms with van der Waals surface area (Å²) in [5, 5.41) is 22.6. The summed E-state index contributed by atoms with van der Waals surface area (Å²) in [6.07, 6.45) is 0.553. The Balaban J connectivity index is 1.53. The van der Waals surface area contributed by atoms with Crippen molar-refractivity contribution in [3.63, 3.8) is 0 Å². The number of ketones is 4. The van der Waals surface area contributed by atoms with Gasteiger partial charge in [0.15, 0.2) is 34.7 Å². The Labute approximate surface area is 248 Å². The zero-order valence-corrected chi connectivity index (χ0v) is 24.4. The molecule has 4 N–H and O–H groups in total. The summed E-state index contributed by atoms with van der Waals surface area (Å²) in [6.45, 7) is 3.38. The minimum absolute atomic E-state index is 0.0273. The number of nitrogens with two attached hydrogens (primary N) is 1. The highest BCUT2D eigenvalue weighted by Crippen LogP contribution is 2.51. The molecule has 43 heavy (non-hydrogen) atoms. The fourth-order valence-electron chi connectivity index (χ4n) is 7.44. The summed E-state index contributed by atoms with van der Waals surface area (Å²) in [5.74, 6) is -12.4. The molecule has 2 aromatic carbocycles. The van der Waals surface area contributed by atoms with E-state index in [1.54, 1.807) is 0 Å². The number of nitrogens with zero attached hydrogens (tertiary/aromatic N) is 2. The summed E-state index contributed by atoms with van der Waals surface area (Å²) >= 11 is 0. The fourth-order valence-corrected chi connectivity index (χ4v) is 7.44. The van der Waals surface area contributed by atoms with Crippen LogP contribution in [-0.4, -0.2) is 81.3 Å². The normalized spacial score (nSPS) is 28.6. The second kappa shape index (κ2) is 11.4. The minimum Gasteiger partial charge on any atom is -0.507 e. The molecule has 0 saturated heterocycles. The van der Waals surface area contributed by atoms with Gasteiger partial charge >= 0.3 is 0 Å². The SMILES string of the molecule is CCCN(Cc1ccccc1)Cc1cc(O)c2c(c1F)C[C@H]1C[C@H]3[C@H](N(C)C)C(=O)C(C(N)=O)C(=O)[C@@]3(O)C(=O)C1C2=O. The van der Waals surface area contributed by atoms with Gasteiger partial charge in [-0.2, -0.15) is 0 Å². The van der Waals surface area contributed by atoms with Crippen LogP contribution in [0.1, 0.15) is 46.8 Å². The third-order valence-electron chi connectivity index (χ3n) is 9.25. The Kier molecular flexibility index (Phi) is 8.10. The lowest BCUT2D eigenvalue weighted by atomic mass is 9.52. The molecule has 0 aliphatic heterocycles. The number of fused-ring (bicyclic) bond motifs is 3. The predicted molar refractivity (Wildman–Crippen MR) is 152 cm³/mol. The van der Waals surface area contributed by atoms with E-state index in [4.69, 9.17) is 5.73 Å². The summed E-state index contributed by atoms with van der Waals surface area (Å²) in [7, 11) is 3.02. The number of rotatable bonds is 8. The van der Waals surface area contributed by atoms with Crippen molar-refractivity contribution in [3.05, 3.63) is 64.5 Å². The van der Waals surface area contributed by atoms with Gasteiger partial charge < -0.3 is 15.9 Å². The first-order chi connectivity index (χ1) is 20.3. The molecule has 2 aromatic rings. The Hall–Kier alpha value is -3.80. The van der Waals surface area contributed by atoms with Gasteiger partial charge in [-0.1, -0.05) is 37.3 Å². The van der Waals surface area contributed by atoms with Gasteiger partial charge in [-0.25, -0.2) is 4.39 Å². The van der Waals surface area contributed by atoms with E-state index in [1.807, 2.05) is 42.2 Å². The highest BCUT2D eigenvalue weighted by molar-refractivity contribution is 6.32. The van der Waals surface area contributed by atoms with Crippen LogP contribution in [0, 0.1) is 29.5 Å². The second-order valence-corrected chi connectivity index (χ2v) is 12.2. The zero-order valence-electron chi connectivity index (χ0n) is 24.4. The van der Waals surface area contributed by atoms with Gasteiger partial charge in [-0.05, 0) is 57.5 Å². The van der Waals surface area contributed by atoms with E-state index in [2.05, 4.69) is 0 Å². The molecule has 10 nitrogen and oxygen atoms in total. The highest BCUT2D eigenvalue weighted by Gasteiger charge is 2.69. The second-order valence-electron chi connectivity index (χ2n) is 12.2. The molecule has 5 rings (SSSR count). The average molecular weight is 594 g/mol. The van der Waals surface area contributed by atoms with Gasteiger partial charge in [0.05, 0.1) is 17.5 Å². The number of Topliss-reactive ketones (excluding diaryl/α,β-unsaturated/α-hetero) is 4. The molecule has 2 saturated carbocycles. The number of carbonyl (C=O) groups excluding carboxylic acids is 5. The average Bonchev–Trinajstić information content (AvgIpc) is 2.93. The van der Waals surface area contributed by atoms with Crippen LogP contribution in [0.4, 0.5) is 4.39 Å². The fraction of sp³-hybridized carbons (Fsp3) is 0.469. The number of hydrogen-bond acceptors (Lipinski definition) is 9. The quantitative estimate of drug-likeness (QED) is 0.385. The molecule has 0 spiro atoms.